The molecule has 4 heteroatoms. The third-order valence-corrected chi connectivity index (χ3v) is 4.42. The lowest BCUT2D eigenvalue weighted by atomic mass is 9.73. The second-order valence-corrected chi connectivity index (χ2v) is 6.45. The van der Waals surface area contributed by atoms with Gasteiger partial charge in [-0.3, -0.25) is 4.79 Å². The summed E-state index contributed by atoms with van der Waals surface area (Å²) in [6.45, 7) is 6.84. The number of hydrogen-bond donors (Lipinski definition) is 2. The van der Waals surface area contributed by atoms with E-state index in [4.69, 9.17) is 0 Å². The molecule has 1 atom stereocenters. The summed E-state index contributed by atoms with van der Waals surface area (Å²) in [4.78, 5) is 12.5. The van der Waals surface area contributed by atoms with Gasteiger partial charge < -0.3 is 10.6 Å². The van der Waals surface area contributed by atoms with Gasteiger partial charge in [-0.25, -0.2) is 4.39 Å². The standard InChI is InChI=1S/C17H25FN2O/c1-4-19-15-12(8-7-9-13(15)18)16(21)20-14-10-5-6-11-17(14,2)3/h7-9,14,19H,4-6,10-11H2,1-3H3,(H,20,21). The van der Waals surface area contributed by atoms with Gasteiger partial charge in [0, 0.05) is 12.6 Å². The lowest BCUT2D eigenvalue weighted by molar-refractivity contribution is 0.0854. The third-order valence-electron chi connectivity index (χ3n) is 4.42. The Bertz CT molecular complexity index is 514. The first kappa shape index (κ1) is 15.8. The first-order chi connectivity index (χ1) is 9.95. The maximum absolute atomic E-state index is 13.9. The van der Waals surface area contributed by atoms with Crippen molar-refractivity contribution in [2.45, 2.75) is 52.5 Å². The molecule has 1 saturated carbocycles. The Balaban J connectivity index is 2.18. The molecule has 0 heterocycles. The fourth-order valence-corrected chi connectivity index (χ4v) is 3.07. The number of benzene rings is 1. The number of para-hydroxylation sites is 1. The molecule has 1 aliphatic carbocycles. The summed E-state index contributed by atoms with van der Waals surface area (Å²) in [5.74, 6) is -0.571. The molecule has 3 nitrogen and oxygen atoms in total. The van der Waals surface area contributed by atoms with Gasteiger partial charge in [0.1, 0.15) is 5.82 Å². The number of amides is 1. The predicted molar refractivity (Wildman–Crippen MR) is 84.1 cm³/mol. The minimum absolute atomic E-state index is 0.0968. The van der Waals surface area contributed by atoms with Crippen LogP contribution in [0.2, 0.25) is 0 Å². The molecule has 0 radical (unpaired) electrons. The fourth-order valence-electron chi connectivity index (χ4n) is 3.07. The van der Waals surface area contributed by atoms with Crippen molar-refractivity contribution in [3.05, 3.63) is 29.6 Å². The van der Waals surface area contributed by atoms with Gasteiger partial charge in [0.25, 0.3) is 5.91 Å². The smallest absolute Gasteiger partial charge is 0.253 e. The van der Waals surface area contributed by atoms with Crippen molar-refractivity contribution in [1.82, 2.24) is 5.32 Å². The molecular formula is C17H25FN2O. The van der Waals surface area contributed by atoms with Gasteiger partial charge in [-0.15, -0.1) is 0 Å². The van der Waals surface area contributed by atoms with Crippen LogP contribution in [0.1, 0.15) is 56.8 Å². The summed E-state index contributed by atoms with van der Waals surface area (Å²) in [5, 5.41) is 6.05. The van der Waals surface area contributed by atoms with Crippen molar-refractivity contribution in [3.8, 4) is 0 Å². The molecule has 0 bridgehead atoms. The zero-order valence-corrected chi connectivity index (χ0v) is 13.1. The predicted octanol–water partition coefficient (Wildman–Crippen LogP) is 3.96. The molecule has 0 aliphatic heterocycles. The number of carbonyl (C=O) groups is 1. The van der Waals surface area contributed by atoms with Gasteiger partial charge >= 0.3 is 0 Å². The maximum Gasteiger partial charge on any atom is 0.253 e. The maximum atomic E-state index is 13.9. The second kappa shape index (κ2) is 6.46. The lowest BCUT2D eigenvalue weighted by Gasteiger charge is -2.39. The molecule has 1 fully saturated rings. The van der Waals surface area contributed by atoms with Crippen LogP contribution < -0.4 is 10.6 Å². The highest BCUT2D eigenvalue weighted by molar-refractivity contribution is 5.99. The van der Waals surface area contributed by atoms with Gasteiger partial charge in [-0.05, 0) is 37.3 Å². The molecule has 1 amide bonds. The van der Waals surface area contributed by atoms with Crippen LogP contribution in [-0.4, -0.2) is 18.5 Å². The van der Waals surface area contributed by atoms with Crippen LogP contribution in [0.3, 0.4) is 0 Å². The summed E-state index contributed by atoms with van der Waals surface area (Å²) < 4.78 is 13.9. The molecule has 21 heavy (non-hydrogen) atoms. The van der Waals surface area contributed by atoms with Crippen LogP contribution in [0.15, 0.2) is 18.2 Å². The highest BCUT2D eigenvalue weighted by Gasteiger charge is 2.33. The van der Waals surface area contributed by atoms with Crippen molar-refractivity contribution in [3.63, 3.8) is 0 Å². The van der Waals surface area contributed by atoms with Gasteiger partial charge in [-0.2, -0.15) is 0 Å². The molecule has 1 aromatic rings. The summed E-state index contributed by atoms with van der Waals surface area (Å²) in [7, 11) is 0. The zero-order valence-electron chi connectivity index (χ0n) is 13.1. The van der Waals surface area contributed by atoms with Gasteiger partial charge in [0.05, 0.1) is 11.3 Å². The van der Waals surface area contributed by atoms with E-state index in [1.807, 2.05) is 6.92 Å². The van der Waals surface area contributed by atoms with Gasteiger partial charge in [0.15, 0.2) is 0 Å². The number of rotatable bonds is 4. The fraction of sp³-hybridized carbons (Fsp3) is 0.588. The van der Waals surface area contributed by atoms with Crippen LogP contribution in [-0.2, 0) is 0 Å². The Morgan fingerprint density at radius 1 is 1.38 bits per heavy atom. The SMILES string of the molecule is CCNc1c(F)cccc1C(=O)NC1CCCCC1(C)C. The number of anilines is 1. The monoisotopic (exact) mass is 292 g/mol. The second-order valence-electron chi connectivity index (χ2n) is 6.45. The normalized spacial score (nSPS) is 20.9. The van der Waals surface area contributed by atoms with E-state index < -0.39 is 0 Å². The molecular weight excluding hydrogens is 267 g/mol. The number of hydrogen-bond acceptors (Lipinski definition) is 2. The molecule has 1 aromatic carbocycles. The van der Waals surface area contributed by atoms with Crippen molar-refractivity contribution in [2.75, 3.05) is 11.9 Å². The van der Waals surface area contributed by atoms with E-state index in [1.165, 1.54) is 12.5 Å². The molecule has 0 saturated heterocycles. The molecule has 0 spiro atoms. The third kappa shape index (κ3) is 3.55. The average Bonchev–Trinajstić information content (AvgIpc) is 2.43. The summed E-state index contributed by atoms with van der Waals surface area (Å²) in [6, 6.07) is 4.78. The molecule has 116 valence electrons. The molecule has 2 N–H and O–H groups in total. The van der Waals surface area contributed by atoms with Crippen LogP contribution in [0.4, 0.5) is 10.1 Å². The van der Waals surface area contributed by atoms with E-state index in [-0.39, 0.29) is 23.2 Å². The molecule has 1 unspecified atom stereocenters. The van der Waals surface area contributed by atoms with Crippen LogP contribution in [0.5, 0.6) is 0 Å². The Morgan fingerprint density at radius 3 is 2.81 bits per heavy atom. The van der Waals surface area contributed by atoms with E-state index in [0.29, 0.717) is 17.8 Å². The van der Waals surface area contributed by atoms with Crippen LogP contribution in [0, 0.1) is 11.2 Å². The van der Waals surface area contributed by atoms with Gasteiger partial charge in [0.2, 0.25) is 0 Å². The Hall–Kier alpha value is -1.58. The summed E-state index contributed by atoms with van der Waals surface area (Å²) >= 11 is 0. The first-order valence-electron chi connectivity index (χ1n) is 7.79. The minimum Gasteiger partial charge on any atom is -0.382 e. The van der Waals surface area contributed by atoms with E-state index in [2.05, 4.69) is 24.5 Å². The van der Waals surface area contributed by atoms with Crippen molar-refractivity contribution < 1.29 is 9.18 Å². The zero-order chi connectivity index (χ0) is 15.5. The number of carbonyl (C=O) groups excluding carboxylic acids is 1. The van der Waals surface area contributed by atoms with E-state index in [0.717, 1.165) is 19.3 Å². The van der Waals surface area contributed by atoms with Gasteiger partial charge in [-0.1, -0.05) is 32.8 Å². The first-order valence-corrected chi connectivity index (χ1v) is 7.79. The lowest BCUT2D eigenvalue weighted by Crippen LogP contribution is -2.47. The quantitative estimate of drug-likeness (QED) is 0.882. The number of nitrogens with one attached hydrogen (secondary N) is 2. The van der Waals surface area contributed by atoms with Crippen LogP contribution >= 0.6 is 0 Å². The molecule has 1 aliphatic rings. The summed E-state index contributed by atoms with van der Waals surface area (Å²) in [5.41, 5.74) is 0.781. The van der Waals surface area contributed by atoms with Crippen LogP contribution in [0.25, 0.3) is 0 Å². The topological polar surface area (TPSA) is 41.1 Å². The largest absolute Gasteiger partial charge is 0.382 e. The van der Waals surface area contributed by atoms with Crippen molar-refractivity contribution >= 4 is 11.6 Å². The van der Waals surface area contributed by atoms with E-state index in [9.17, 15) is 9.18 Å². The highest BCUT2D eigenvalue weighted by atomic mass is 19.1. The van der Waals surface area contributed by atoms with E-state index in [1.54, 1.807) is 12.1 Å². The van der Waals surface area contributed by atoms with Crippen molar-refractivity contribution in [1.29, 1.82) is 0 Å². The minimum atomic E-state index is -0.382. The highest BCUT2D eigenvalue weighted by Crippen LogP contribution is 2.35. The molecule has 2 rings (SSSR count). The summed E-state index contributed by atoms with van der Waals surface area (Å²) in [6.07, 6.45) is 4.45. The Labute approximate surface area is 126 Å². The van der Waals surface area contributed by atoms with E-state index >= 15 is 0 Å². The van der Waals surface area contributed by atoms with Crippen molar-refractivity contribution in [2.24, 2.45) is 5.41 Å². The Kier molecular flexibility index (Phi) is 4.86. The average molecular weight is 292 g/mol. The number of halogens is 1. The Morgan fingerprint density at radius 2 is 2.14 bits per heavy atom. The molecule has 0 aromatic heterocycles.